The van der Waals surface area contributed by atoms with Crippen LogP contribution in [0.4, 0.5) is 0 Å². The fourth-order valence-corrected chi connectivity index (χ4v) is 1.84. The van der Waals surface area contributed by atoms with Crippen molar-refractivity contribution >= 4 is 11.6 Å². The van der Waals surface area contributed by atoms with E-state index in [1.165, 1.54) is 0 Å². The first-order valence-electron chi connectivity index (χ1n) is 3.93. The smallest absolute Gasteiger partial charge is 0.0717 e. The zero-order valence-corrected chi connectivity index (χ0v) is 7.36. The van der Waals surface area contributed by atoms with Crippen LogP contribution >= 0.6 is 11.6 Å². The normalized spacial score (nSPS) is 41.4. The lowest BCUT2D eigenvalue weighted by Gasteiger charge is -2.15. The number of alkyl halides is 1. The van der Waals surface area contributed by atoms with Crippen molar-refractivity contribution in [1.29, 1.82) is 0 Å². The first-order valence-corrected chi connectivity index (χ1v) is 4.47. The van der Waals surface area contributed by atoms with Gasteiger partial charge in [-0.3, -0.25) is 0 Å². The van der Waals surface area contributed by atoms with E-state index in [-0.39, 0.29) is 5.92 Å². The van der Waals surface area contributed by atoms with Crippen LogP contribution < -0.4 is 0 Å². The molecular weight excluding hydrogens is 148 g/mol. The van der Waals surface area contributed by atoms with Gasteiger partial charge in [-0.15, -0.1) is 11.6 Å². The summed E-state index contributed by atoms with van der Waals surface area (Å²) in [7, 11) is 0. The summed E-state index contributed by atoms with van der Waals surface area (Å²) in [6.45, 7) is 4.13. The highest BCUT2D eigenvalue weighted by Gasteiger charge is 2.54. The molecule has 1 aliphatic carbocycles. The van der Waals surface area contributed by atoms with Crippen molar-refractivity contribution < 1.29 is 5.11 Å². The summed E-state index contributed by atoms with van der Waals surface area (Å²) in [6.07, 6.45) is 2.04. The Balaban J connectivity index is 2.42. The molecule has 1 saturated carbocycles. The third-order valence-corrected chi connectivity index (χ3v) is 3.16. The number of rotatable bonds is 3. The fraction of sp³-hybridized carbons (Fsp3) is 1.00. The highest BCUT2D eigenvalue weighted by atomic mass is 35.5. The quantitative estimate of drug-likeness (QED) is 0.630. The maximum atomic E-state index is 9.77. The Kier molecular flexibility index (Phi) is 2.26. The lowest BCUT2D eigenvalue weighted by atomic mass is 10.0. The third kappa shape index (κ3) is 1.17. The zero-order chi connectivity index (χ0) is 7.78. The Morgan fingerprint density at radius 1 is 1.80 bits per heavy atom. The standard InChI is InChI=1S/C8H15ClO/c1-3-7-4-8(7,10)6(2)5-9/h6-7,10H,3-5H2,1-2H3/t6-,7+,8-/m0/s1. The molecule has 3 atom stereocenters. The molecule has 0 spiro atoms. The molecule has 0 aromatic carbocycles. The zero-order valence-electron chi connectivity index (χ0n) is 6.60. The number of hydrogen-bond acceptors (Lipinski definition) is 1. The molecule has 1 N–H and O–H groups in total. The van der Waals surface area contributed by atoms with Crippen LogP contribution in [0.5, 0.6) is 0 Å². The second-order valence-electron chi connectivity index (χ2n) is 3.36. The summed E-state index contributed by atoms with van der Waals surface area (Å²) in [4.78, 5) is 0. The summed E-state index contributed by atoms with van der Waals surface area (Å²) in [5.74, 6) is 1.35. The van der Waals surface area contributed by atoms with E-state index in [1.807, 2.05) is 6.92 Å². The Morgan fingerprint density at radius 3 is 2.70 bits per heavy atom. The first kappa shape index (κ1) is 8.35. The molecule has 0 radical (unpaired) electrons. The van der Waals surface area contributed by atoms with Crippen LogP contribution in [0.1, 0.15) is 26.7 Å². The molecule has 0 aromatic rings. The van der Waals surface area contributed by atoms with Crippen LogP contribution in [-0.4, -0.2) is 16.6 Å². The third-order valence-electron chi connectivity index (χ3n) is 2.70. The SMILES string of the molecule is CC[C@@H]1C[C@]1(O)[C@@H](C)CCl. The van der Waals surface area contributed by atoms with Crippen LogP contribution in [0, 0.1) is 11.8 Å². The van der Waals surface area contributed by atoms with E-state index in [0.29, 0.717) is 11.8 Å². The molecule has 0 heterocycles. The Morgan fingerprint density at radius 2 is 2.40 bits per heavy atom. The van der Waals surface area contributed by atoms with E-state index >= 15 is 0 Å². The van der Waals surface area contributed by atoms with Crippen molar-refractivity contribution in [2.45, 2.75) is 32.3 Å². The van der Waals surface area contributed by atoms with Gasteiger partial charge < -0.3 is 5.11 Å². The van der Waals surface area contributed by atoms with Gasteiger partial charge in [-0.05, 0) is 18.3 Å². The average molecular weight is 163 g/mol. The molecule has 10 heavy (non-hydrogen) atoms. The monoisotopic (exact) mass is 162 g/mol. The fourth-order valence-electron chi connectivity index (χ4n) is 1.57. The van der Waals surface area contributed by atoms with Gasteiger partial charge in [0, 0.05) is 5.88 Å². The summed E-state index contributed by atoms with van der Waals surface area (Å²) in [5, 5.41) is 9.77. The van der Waals surface area contributed by atoms with Gasteiger partial charge in [0.2, 0.25) is 0 Å². The molecule has 1 fully saturated rings. The van der Waals surface area contributed by atoms with Gasteiger partial charge >= 0.3 is 0 Å². The van der Waals surface area contributed by atoms with Crippen molar-refractivity contribution in [2.24, 2.45) is 11.8 Å². The van der Waals surface area contributed by atoms with E-state index in [0.717, 1.165) is 12.8 Å². The highest BCUT2D eigenvalue weighted by Crippen LogP contribution is 2.50. The van der Waals surface area contributed by atoms with Gasteiger partial charge in [-0.25, -0.2) is 0 Å². The Labute approximate surface area is 67.4 Å². The molecule has 0 amide bonds. The maximum Gasteiger partial charge on any atom is 0.0717 e. The molecule has 0 saturated heterocycles. The van der Waals surface area contributed by atoms with E-state index < -0.39 is 5.60 Å². The molecule has 0 aliphatic heterocycles. The first-order chi connectivity index (χ1) is 4.65. The minimum atomic E-state index is -0.406. The average Bonchev–Trinajstić information content (AvgIpc) is 2.61. The predicted molar refractivity (Wildman–Crippen MR) is 43.2 cm³/mol. The summed E-state index contributed by atoms with van der Waals surface area (Å²) in [6, 6.07) is 0. The van der Waals surface area contributed by atoms with Gasteiger partial charge in [0.1, 0.15) is 0 Å². The molecule has 1 rings (SSSR count). The van der Waals surface area contributed by atoms with Gasteiger partial charge in [-0.2, -0.15) is 0 Å². The molecular formula is C8H15ClO. The van der Waals surface area contributed by atoms with Crippen LogP contribution in [-0.2, 0) is 0 Å². The van der Waals surface area contributed by atoms with Crippen molar-refractivity contribution in [3.63, 3.8) is 0 Å². The molecule has 60 valence electrons. The Bertz CT molecular complexity index is 126. The van der Waals surface area contributed by atoms with Crippen molar-refractivity contribution in [3.8, 4) is 0 Å². The topological polar surface area (TPSA) is 20.2 Å². The van der Waals surface area contributed by atoms with E-state index in [1.54, 1.807) is 0 Å². The lowest BCUT2D eigenvalue weighted by Crippen LogP contribution is -2.23. The summed E-state index contributed by atoms with van der Waals surface area (Å²) in [5.41, 5.74) is -0.406. The van der Waals surface area contributed by atoms with Gasteiger partial charge in [0.25, 0.3) is 0 Å². The van der Waals surface area contributed by atoms with E-state index in [4.69, 9.17) is 11.6 Å². The van der Waals surface area contributed by atoms with Gasteiger partial charge in [0.05, 0.1) is 5.60 Å². The number of aliphatic hydroxyl groups is 1. The largest absolute Gasteiger partial charge is 0.389 e. The second-order valence-corrected chi connectivity index (χ2v) is 3.66. The van der Waals surface area contributed by atoms with Gasteiger partial charge in [-0.1, -0.05) is 20.3 Å². The maximum absolute atomic E-state index is 9.77. The molecule has 0 unspecified atom stereocenters. The van der Waals surface area contributed by atoms with E-state index in [2.05, 4.69) is 6.92 Å². The van der Waals surface area contributed by atoms with Crippen LogP contribution in [0.2, 0.25) is 0 Å². The van der Waals surface area contributed by atoms with Crippen molar-refractivity contribution in [2.75, 3.05) is 5.88 Å². The molecule has 0 aromatic heterocycles. The van der Waals surface area contributed by atoms with E-state index in [9.17, 15) is 5.11 Å². The van der Waals surface area contributed by atoms with Gasteiger partial charge in [0.15, 0.2) is 0 Å². The predicted octanol–water partition coefficient (Wildman–Crippen LogP) is 2.02. The number of halogens is 1. The van der Waals surface area contributed by atoms with Crippen LogP contribution in [0.15, 0.2) is 0 Å². The molecule has 1 nitrogen and oxygen atoms in total. The van der Waals surface area contributed by atoms with Crippen molar-refractivity contribution in [1.82, 2.24) is 0 Å². The molecule has 2 heteroatoms. The second kappa shape index (κ2) is 2.71. The minimum Gasteiger partial charge on any atom is -0.389 e. The van der Waals surface area contributed by atoms with Crippen LogP contribution in [0.25, 0.3) is 0 Å². The lowest BCUT2D eigenvalue weighted by molar-refractivity contribution is 0.0825. The minimum absolute atomic E-state index is 0.263. The molecule has 1 aliphatic rings. The molecule has 0 bridgehead atoms. The summed E-state index contributed by atoms with van der Waals surface area (Å²) >= 11 is 5.64. The van der Waals surface area contributed by atoms with Crippen molar-refractivity contribution in [3.05, 3.63) is 0 Å². The van der Waals surface area contributed by atoms with Crippen LogP contribution in [0.3, 0.4) is 0 Å². The highest BCUT2D eigenvalue weighted by molar-refractivity contribution is 6.18. The number of hydrogen-bond donors (Lipinski definition) is 1. The summed E-state index contributed by atoms with van der Waals surface area (Å²) < 4.78 is 0. The Hall–Kier alpha value is 0.250.